The predicted octanol–water partition coefficient (Wildman–Crippen LogP) is 2.70. The van der Waals surface area contributed by atoms with E-state index in [1.54, 1.807) is 17.7 Å². The van der Waals surface area contributed by atoms with Crippen molar-refractivity contribution in [3.05, 3.63) is 64.4 Å². The molecule has 1 aliphatic rings. The van der Waals surface area contributed by atoms with Gasteiger partial charge >= 0.3 is 5.97 Å². The molecule has 2 aromatic heterocycles. The number of benzene rings is 2. The van der Waals surface area contributed by atoms with Gasteiger partial charge in [0.05, 0.1) is 5.52 Å². The van der Waals surface area contributed by atoms with Gasteiger partial charge in [0.25, 0.3) is 6.01 Å². The van der Waals surface area contributed by atoms with Crippen molar-refractivity contribution in [3.63, 3.8) is 0 Å². The summed E-state index contributed by atoms with van der Waals surface area (Å²) in [6.07, 6.45) is 1.38. The summed E-state index contributed by atoms with van der Waals surface area (Å²) in [5.41, 5.74) is 2.67. The van der Waals surface area contributed by atoms with Gasteiger partial charge in [-0.15, -0.1) is 0 Å². The number of aromatic carboxylic acids is 1. The van der Waals surface area contributed by atoms with Crippen LogP contribution in [-0.2, 0) is 7.05 Å². The molecular formula is C22H20N4O4. The zero-order valence-corrected chi connectivity index (χ0v) is 16.4. The average molecular weight is 404 g/mol. The second-order valence-electron chi connectivity index (χ2n) is 7.43. The SMILES string of the molecule is Cn1cc(C(=O)O)c(=O)c2ccc(N3CCN(c4nc5ccccc5o4)CC3)cc21. The van der Waals surface area contributed by atoms with Crippen LogP contribution >= 0.6 is 0 Å². The molecule has 8 nitrogen and oxygen atoms in total. The first-order valence-electron chi connectivity index (χ1n) is 9.73. The summed E-state index contributed by atoms with van der Waals surface area (Å²) >= 11 is 0. The summed E-state index contributed by atoms with van der Waals surface area (Å²) < 4.78 is 7.57. The first-order chi connectivity index (χ1) is 14.5. The molecule has 8 heteroatoms. The van der Waals surface area contributed by atoms with Crippen molar-refractivity contribution in [2.75, 3.05) is 36.0 Å². The molecule has 1 N–H and O–H groups in total. The van der Waals surface area contributed by atoms with Crippen molar-refractivity contribution in [3.8, 4) is 0 Å². The van der Waals surface area contributed by atoms with Gasteiger partial charge in [-0.05, 0) is 30.3 Å². The van der Waals surface area contributed by atoms with E-state index < -0.39 is 11.4 Å². The van der Waals surface area contributed by atoms with Crippen molar-refractivity contribution in [2.45, 2.75) is 0 Å². The number of piperazine rings is 1. The van der Waals surface area contributed by atoms with Crippen molar-refractivity contribution >= 4 is 39.7 Å². The van der Waals surface area contributed by atoms with E-state index >= 15 is 0 Å². The molecule has 152 valence electrons. The van der Waals surface area contributed by atoms with E-state index in [4.69, 9.17) is 4.42 Å². The lowest BCUT2D eigenvalue weighted by Gasteiger charge is -2.35. The number of hydrogen-bond donors (Lipinski definition) is 1. The Kier molecular flexibility index (Phi) is 4.20. The Morgan fingerprint density at radius 1 is 1.07 bits per heavy atom. The van der Waals surface area contributed by atoms with E-state index in [1.807, 2.05) is 36.4 Å². The molecule has 0 bridgehead atoms. The molecule has 0 atom stereocenters. The van der Waals surface area contributed by atoms with Gasteiger partial charge in [0.15, 0.2) is 5.58 Å². The minimum Gasteiger partial charge on any atom is -0.477 e. The number of pyridine rings is 1. The molecule has 1 aliphatic heterocycles. The monoisotopic (exact) mass is 404 g/mol. The van der Waals surface area contributed by atoms with Crippen LogP contribution < -0.4 is 15.2 Å². The molecule has 30 heavy (non-hydrogen) atoms. The molecular weight excluding hydrogens is 384 g/mol. The Labute approximate surface area is 171 Å². The molecule has 1 fully saturated rings. The first-order valence-corrected chi connectivity index (χ1v) is 9.73. The van der Waals surface area contributed by atoms with Gasteiger partial charge in [-0.1, -0.05) is 12.1 Å². The third-order valence-electron chi connectivity index (χ3n) is 5.60. The highest BCUT2D eigenvalue weighted by Gasteiger charge is 2.22. The standard InChI is InChI=1S/C22H20N4O4/c1-24-13-16(21(28)29)20(27)15-7-6-14(12-18(15)24)25-8-10-26(11-9-25)22-23-17-4-2-3-5-19(17)30-22/h2-7,12-13H,8-11H2,1H3,(H,28,29). The number of aromatic nitrogens is 2. The van der Waals surface area contributed by atoms with E-state index in [9.17, 15) is 14.7 Å². The second kappa shape index (κ2) is 6.91. The highest BCUT2D eigenvalue weighted by atomic mass is 16.4. The van der Waals surface area contributed by atoms with Crippen molar-refractivity contribution < 1.29 is 14.3 Å². The molecule has 4 aromatic rings. The molecule has 0 saturated carbocycles. The van der Waals surface area contributed by atoms with E-state index in [2.05, 4.69) is 14.8 Å². The van der Waals surface area contributed by atoms with Crippen molar-refractivity contribution in [1.82, 2.24) is 9.55 Å². The Morgan fingerprint density at radius 3 is 2.53 bits per heavy atom. The fourth-order valence-electron chi connectivity index (χ4n) is 3.97. The van der Waals surface area contributed by atoms with Gasteiger partial charge in [0.1, 0.15) is 11.1 Å². The van der Waals surface area contributed by atoms with Crippen LogP contribution in [0.3, 0.4) is 0 Å². The van der Waals surface area contributed by atoms with E-state index in [1.165, 1.54) is 6.20 Å². The molecule has 0 amide bonds. The molecule has 2 aromatic carbocycles. The zero-order valence-electron chi connectivity index (χ0n) is 16.4. The van der Waals surface area contributed by atoms with Gasteiger partial charge in [0.2, 0.25) is 5.43 Å². The largest absolute Gasteiger partial charge is 0.477 e. The lowest BCUT2D eigenvalue weighted by Crippen LogP contribution is -2.46. The minimum absolute atomic E-state index is 0.218. The number of aryl methyl sites for hydroxylation is 1. The molecule has 0 radical (unpaired) electrons. The predicted molar refractivity (Wildman–Crippen MR) is 115 cm³/mol. The maximum absolute atomic E-state index is 12.5. The van der Waals surface area contributed by atoms with Gasteiger partial charge < -0.3 is 23.9 Å². The smallest absolute Gasteiger partial charge is 0.341 e. The Balaban J connectivity index is 1.39. The number of nitrogens with zero attached hydrogens (tertiary/aromatic N) is 4. The molecule has 0 unspecified atom stereocenters. The van der Waals surface area contributed by atoms with Crippen LogP contribution in [0.1, 0.15) is 10.4 Å². The molecule has 0 spiro atoms. The van der Waals surface area contributed by atoms with Crippen LogP contribution in [0.4, 0.5) is 11.7 Å². The number of anilines is 2. The van der Waals surface area contributed by atoms with Gasteiger partial charge in [-0.3, -0.25) is 4.79 Å². The Hall–Kier alpha value is -3.81. The fourth-order valence-corrected chi connectivity index (χ4v) is 3.97. The number of fused-ring (bicyclic) bond motifs is 2. The Morgan fingerprint density at radius 2 is 1.80 bits per heavy atom. The highest BCUT2D eigenvalue weighted by molar-refractivity contribution is 5.93. The number of oxazole rings is 1. The van der Waals surface area contributed by atoms with Gasteiger partial charge in [-0.25, -0.2) is 4.79 Å². The van der Waals surface area contributed by atoms with E-state index in [0.717, 1.165) is 43.0 Å². The molecule has 5 rings (SSSR count). The summed E-state index contributed by atoms with van der Waals surface area (Å²) in [6, 6.07) is 13.9. The number of carboxylic acid groups (broad SMARTS) is 1. The van der Waals surface area contributed by atoms with Gasteiger partial charge in [-0.2, -0.15) is 4.98 Å². The lowest BCUT2D eigenvalue weighted by molar-refractivity contribution is 0.0695. The summed E-state index contributed by atoms with van der Waals surface area (Å²) in [7, 11) is 1.75. The van der Waals surface area contributed by atoms with Crippen molar-refractivity contribution in [2.24, 2.45) is 7.05 Å². The second-order valence-corrected chi connectivity index (χ2v) is 7.43. The number of carbonyl (C=O) groups is 1. The number of hydrogen-bond acceptors (Lipinski definition) is 6. The third-order valence-corrected chi connectivity index (χ3v) is 5.60. The lowest BCUT2D eigenvalue weighted by atomic mass is 10.1. The fraction of sp³-hybridized carbons (Fsp3) is 0.227. The normalized spacial score (nSPS) is 14.6. The third kappa shape index (κ3) is 2.97. The van der Waals surface area contributed by atoms with Crippen LogP contribution in [0.2, 0.25) is 0 Å². The summed E-state index contributed by atoms with van der Waals surface area (Å²) in [4.78, 5) is 32.7. The van der Waals surface area contributed by atoms with Crippen LogP contribution in [-0.4, -0.2) is 46.8 Å². The number of para-hydroxylation sites is 2. The quantitative estimate of drug-likeness (QED) is 0.561. The summed E-state index contributed by atoms with van der Waals surface area (Å²) in [5.74, 6) is -1.21. The molecule has 1 saturated heterocycles. The zero-order chi connectivity index (χ0) is 20.8. The van der Waals surface area contributed by atoms with Crippen LogP contribution in [0.25, 0.3) is 22.0 Å². The van der Waals surface area contributed by atoms with Crippen LogP contribution in [0.5, 0.6) is 0 Å². The van der Waals surface area contributed by atoms with Crippen LogP contribution in [0.15, 0.2) is 57.9 Å². The molecule has 0 aliphatic carbocycles. The summed E-state index contributed by atoms with van der Waals surface area (Å²) in [6.45, 7) is 3.10. The van der Waals surface area contributed by atoms with Crippen molar-refractivity contribution in [1.29, 1.82) is 0 Å². The number of carboxylic acids is 1. The van der Waals surface area contributed by atoms with E-state index in [-0.39, 0.29) is 5.56 Å². The molecule has 3 heterocycles. The topological polar surface area (TPSA) is 91.8 Å². The maximum Gasteiger partial charge on any atom is 0.341 e. The average Bonchev–Trinajstić information content (AvgIpc) is 3.20. The minimum atomic E-state index is -1.21. The highest BCUT2D eigenvalue weighted by Crippen LogP contribution is 2.25. The van der Waals surface area contributed by atoms with E-state index in [0.29, 0.717) is 16.9 Å². The first kappa shape index (κ1) is 18.2. The van der Waals surface area contributed by atoms with Gasteiger partial charge in [0, 0.05) is 50.5 Å². The summed E-state index contributed by atoms with van der Waals surface area (Å²) in [5, 5.41) is 9.64. The Bertz CT molecular complexity index is 1300. The number of rotatable bonds is 3. The van der Waals surface area contributed by atoms with Crippen LogP contribution in [0, 0.1) is 0 Å². The maximum atomic E-state index is 12.5.